The second-order valence-corrected chi connectivity index (χ2v) is 8.64. The second kappa shape index (κ2) is 8.46. The summed E-state index contributed by atoms with van der Waals surface area (Å²) >= 11 is 3.38. The van der Waals surface area contributed by atoms with Crippen molar-refractivity contribution in [3.8, 4) is 5.75 Å². The van der Waals surface area contributed by atoms with Crippen LogP contribution in [0, 0.1) is 6.92 Å². The van der Waals surface area contributed by atoms with Gasteiger partial charge in [0.1, 0.15) is 22.7 Å². The number of anilines is 1. The van der Waals surface area contributed by atoms with Gasteiger partial charge in [0.05, 0.1) is 28.3 Å². The Morgan fingerprint density at radius 3 is 2.45 bits per heavy atom. The van der Waals surface area contributed by atoms with E-state index in [4.69, 9.17) is 13.9 Å². The van der Waals surface area contributed by atoms with Crippen LogP contribution in [0.3, 0.4) is 0 Å². The maximum atomic E-state index is 12.8. The molecule has 0 aliphatic rings. The van der Waals surface area contributed by atoms with Gasteiger partial charge in [-0.25, -0.2) is 13.2 Å². The first-order valence-electron chi connectivity index (χ1n) is 8.92. The van der Waals surface area contributed by atoms with E-state index in [2.05, 4.69) is 20.7 Å². The highest BCUT2D eigenvalue weighted by molar-refractivity contribution is 9.10. The third kappa shape index (κ3) is 4.40. The molecule has 1 heterocycles. The van der Waals surface area contributed by atoms with Gasteiger partial charge < -0.3 is 13.9 Å². The summed E-state index contributed by atoms with van der Waals surface area (Å²) in [5, 5.41) is 0.458. The lowest BCUT2D eigenvalue weighted by atomic mass is 10.1. The molecule has 0 saturated heterocycles. The first-order valence-corrected chi connectivity index (χ1v) is 11.2. The van der Waals surface area contributed by atoms with Gasteiger partial charge in [-0.3, -0.25) is 4.72 Å². The number of rotatable bonds is 7. The molecule has 0 spiro atoms. The van der Waals surface area contributed by atoms with Crippen LogP contribution in [0.4, 0.5) is 5.69 Å². The molecule has 0 unspecified atom stereocenters. The minimum absolute atomic E-state index is 0.0890. The van der Waals surface area contributed by atoms with E-state index in [0.717, 1.165) is 0 Å². The fraction of sp³-hybridized carbons (Fsp3) is 0.250. The van der Waals surface area contributed by atoms with Gasteiger partial charge in [-0.15, -0.1) is 0 Å². The number of hydrogen-bond donors (Lipinski definition) is 1. The predicted octanol–water partition coefficient (Wildman–Crippen LogP) is 4.88. The Morgan fingerprint density at radius 2 is 1.83 bits per heavy atom. The van der Waals surface area contributed by atoms with Gasteiger partial charge in [0.15, 0.2) is 0 Å². The lowest BCUT2D eigenvalue weighted by molar-refractivity contribution is 0.0526. The normalized spacial score (nSPS) is 11.4. The van der Waals surface area contributed by atoms with Crippen molar-refractivity contribution in [2.75, 3.05) is 17.9 Å². The van der Waals surface area contributed by atoms with E-state index in [9.17, 15) is 13.2 Å². The molecule has 0 aliphatic carbocycles. The standard InChI is InChI=1S/C20H20BrNO6S/c1-4-26-14-6-8-15(9-7-14)29(24,25)22-13-10-16-18(20(23)27-5-2)12(3)28-19(16)17(21)11-13/h6-11,22H,4-5H2,1-3H3. The number of furan rings is 1. The largest absolute Gasteiger partial charge is 0.494 e. The first kappa shape index (κ1) is 21.2. The highest BCUT2D eigenvalue weighted by Gasteiger charge is 2.23. The van der Waals surface area contributed by atoms with Crippen LogP contribution in [0.2, 0.25) is 0 Å². The number of carbonyl (C=O) groups excluding carboxylic acids is 1. The molecule has 7 nitrogen and oxygen atoms in total. The van der Waals surface area contributed by atoms with E-state index in [1.807, 2.05) is 6.92 Å². The number of carbonyl (C=O) groups is 1. The van der Waals surface area contributed by atoms with E-state index in [0.29, 0.717) is 33.6 Å². The average Bonchev–Trinajstić information content (AvgIpc) is 2.99. The van der Waals surface area contributed by atoms with Crippen LogP contribution >= 0.6 is 15.9 Å². The Hall–Kier alpha value is -2.52. The molecule has 154 valence electrons. The molecule has 0 fully saturated rings. The number of sulfonamides is 1. The van der Waals surface area contributed by atoms with Gasteiger partial charge in [-0.1, -0.05) is 0 Å². The van der Waals surface area contributed by atoms with Gasteiger partial charge >= 0.3 is 5.97 Å². The number of esters is 1. The molecule has 1 N–H and O–H groups in total. The Bertz CT molecular complexity index is 1150. The molecule has 1 aromatic heterocycles. The Balaban J connectivity index is 1.99. The molecule has 0 atom stereocenters. The SMILES string of the molecule is CCOC(=O)c1c(C)oc2c(Br)cc(NS(=O)(=O)c3ccc(OCC)cc3)cc12. The van der Waals surface area contributed by atoms with Crippen LogP contribution in [0.5, 0.6) is 5.75 Å². The minimum atomic E-state index is -3.84. The minimum Gasteiger partial charge on any atom is -0.494 e. The van der Waals surface area contributed by atoms with Crippen molar-refractivity contribution in [3.05, 3.63) is 52.2 Å². The van der Waals surface area contributed by atoms with Gasteiger partial charge in [0.2, 0.25) is 0 Å². The summed E-state index contributed by atoms with van der Waals surface area (Å²) in [5.74, 6) is 0.455. The Labute approximate surface area is 177 Å². The van der Waals surface area contributed by atoms with Crippen LogP contribution < -0.4 is 9.46 Å². The summed E-state index contributed by atoms with van der Waals surface area (Å²) in [7, 11) is -3.84. The van der Waals surface area contributed by atoms with E-state index in [-0.39, 0.29) is 22.8 Å². The molecule has 3 aromatic rings. The smallest absolute Gasteiger partial charge is 0.342 e. The maximum Gasteiger partial charge on any atom is 0.342 e. The van der Waals surface area contributed by atoms with E-state index in [1.165, 1.54) is 12.1 Å². The zero-order chi connectivity index (χ0) is 21.2. The molecule has 0 radical (unpaired) electrons. The number of aryl methyl sites for hydroxylation is 1. The van der Waals surface area contributed by atoms with Crippen molar-refractivity contribution in [2.45, 2.75) is 25.7 Å². The highest BCUT2D eigenvalue weighted by Crippen LogP contribution is 2.35. The Kier molecular flexibility index (Phi) is 6.18. The summed E-state index contributed by atoms with van der Waals surface area (Å²) in [4.78, 5) is 12.4. The zero-order valence-electron chi connectivity index (χ0n) is 16.1. The van der Waals surface area contributed by atoms with Crippen molar-refractivity contribution >= 4 is 48.6 Å². The monoisotopic (exact) mass is 481 g/mol. The third-order valence-corrected chi connectivity index (χ3v) is 6.08. The average molecular weight is 482 g/mol. The van der Waals surface area contributed by atoms with Gasteiger partial charge in [-0.05, 0) is 73.1 Å². The number of fused-ring (bicyclic) bond motifs is 1. The van der Waals surface area contributed by atoms with Crippen LogP contribution in [0.1, 0.15) is 30.0 Å². The van der Waals surface area contributed by atoms with Crippen molar-refractivity contribution < 1.29 is 27.1 Å². The van der Waals surface area contributed by atoms with Crippen molar-refractivity contribution in [1.82, 2.24) is 0 Å². The van der Waals surface area contributed by atoms with Crippen LogP contribution in [0.15, 0.2) is 50.2 Å². The number of hydrogen-bond acceptors (Lipinski definition) is 6. The third-order valence-electron chi connectivity index (χ3n) is 4.10. The molecule has 0 aliphatic heterocycles. The summed E-state index contributed by atoms with van der Waals surface area (Å²) in [5.41, 5.74) is 0.990. The Morgan fingerprint density at radius 1 is 1.14 bits per heavy atom. The van der Waals surface area contributed by atoms with E-state index < -0.39 is 16.0 Å². The summed E-state index contributed by atoms with van der Waals surface area (Å²) in [6.45, 7) is 5.92. The van der Waals surface area contributed by atoms with Gasteiger partial charge in [-0.2, -0.15) is 0 Å². The van der Waals surface area contributed by atoms with Crippen molar-refractivity contribution in [3.63, 3.8) is 0 Å². The van der Waals surface area contributed by atoms with Gasteiger partial charge in [0.25, 0.3) is 10.0 Å². The van der Waals surface area contributed by atoms with E-state index >= 15 is 0 Å². The molecular weight excluding hydrogens is 462 g/mol. The zero-order valence-corrected chi connectivity index (χ0v) is 18.5. The lowest BCUT2D eigenvalue weighted by Crippen LogP contribution is -2.13. The lowest BCUT2D eigenvalue weighted by Gasteiger charge is -2.10. The summed E-state index contributed by atoms with van der Waals surface area (Å²) in [6, 6.07) is 9.24. The fourth-order valence-electron chi connectivity index (χ4n) is 2.89. The van der Waals surface area contributed by atoms with Crippen molar-refractivity contribution in [1.29, 1.82) is 0 Å². The molecular formula is C20H20BrNO6S. The quantitative estimate of drug-likeness (QED) is 0.483. The molecule has 3 rings (SSSR count). The van der Waals surface area contributed by atoms with Crippen LogP contribution in [0.25, 0.3) is 11.0 Å². The van der Waals surface area contributed by atoms with Gasteiger partial charge in [0, 0.05) is 5.39 Å². The van der Waals surface area contributed by atoms with Crippen LogP contribution in [-0.4, -0.2) is 27.6 Å². The molecule has 9 heteroatoms. The molecule has 0 amide bonds. The van der Waals surface area contributed by atoms with Crippen molar-refractivity contribution in [2.24, 2.45) is 0 Å². The maximum absolute atomic E-state index is 12.8. The molecule has 29 heavy (non-hydrogen) atoms. The molecule has 2 aromatic carbocycles. The fourth-order valence-corrected chi connectivity index (χ4v) is 4.47. The number of nitrogens with one attached hydrogen (secondary N) is 1. The summed E-state index contributed by atoms with van der Waals surface area (Å²) < 4.78 is 44.7. The van der Waals surface area contributed by atoms with Crippen LogP contribution in [-0.2, 0) is 14.8 Å². The highest BCUT2D eigenvalue weighted by atomic mass is 79.9. The predicted molar refractivity (Wildman–Crippen MR) is 113 cm³/mol. The second-order valence-electron chi connectivity index (χ2n) is 6.10. The number of benzene rings is 2. The summed E-state index contributed by atoms with van der Waals surface area (Å²) in [6.07, 6.45) is 0. The molecule has 0 saturated carbocycles. The van der Waals surface area contributed by atoms with E-state index in [1.54, 1.807) is 38.1 Å². The topological polar surface area (TPSA) is 94.8 Å². The number of halogens is 1. The first-order chi connectivity index (χ1) is 13.8. The number of ether oxygens (including phenoxy) is 2. The molecule has 0 bridgehead atoms.